The molecular weight excluding hydrogens is 419 g/mol. The van der Waals surface area contributed by atoms with E-state index in [1.165, 1.54) is 0 Å². The number of halogens is 4. The quantitative estimate of drug-likeness (QED) is 0.617. The van der Waals surface area contributed by atoms with Gasteiger partial charge in [-0.25, -0.2) is 5.43 Å². The second-order valence-electron chi connectivity index (χ2n) is 7.11. The molecule has 9 heteroatoms. The van der Waals surface area contributed by atoms with E-state index in [9.17, 15) is 18.0 Å². The Bertz CT molecular complexity index is 934. The van der Waals surface area contributed by atoms with Gasteiger partial charge < -0.3 is 10.1 Å². The summed E-state index contributed by atoms with van der Waals surface area (Å²) < 4.78 is 43.1. The van der Waals surface area contributed by atoms with Gasteiger partial charge in [-0.1, -0.05) is 29.8 Å². The highest BCUT2D eigenvalue weighted by molar-refractivity contribution is 6.30. The van der Waals surface area contributed by atoms with Gasteiger partial charge in [-0.05, 0) is 61.4 Å². The molecule has 0 saturated carbocycles. The van der Waals surface area contributed by atoms with Crippen LogP contribution >= 0.6 is 11.6 Å². The normalized spacial score (nSPS) is 20.1. The second kappa shape index (κ2) is 8.67. The molecule has 2 aromatic rings. The Morgan fingerprint density at radius 2 is 1.97 bits per heavy atom. The summed E-state index contributed by atoms with van der Waals surface area (Å²) in [6.45, 7) is 2.58. The van der Waals surface area contributed by atoms with Crippen molar-refractivity contribution in [1.29, 1.82) is 0 Å². The lowest BCUT2D eigenvalue weighted by Gasteiger charge is -2.28. The van der Waals surface area contributed by atoms with Crippen LogP contribution in [0.4, 0.5) is 18.9 Å². The van der Waals surface area contributed by atoms with Gasteiger partial charge in [0, 0.05) is 5.02 Å². The van der Waals surface area contributed by atoms with E-state index in [1.54, 1.807) is 42.3 Å². The highest BCUT2D eigenvalue weighted by atomic mass is 35.5. The van der Waals surface area contributed by atoms with Crippen LogP contribution in [0.3, 0.4) is 0 Å². The molecule has 3 rings (SSSR count). The average molecular weight is 440 g/mol. The Hall–Kier alpha value is -2.55. The zero-order valence-corrected chi connectivity index (χ0v) is 17.1. The fourth-order valence-electron chi connectivity index (χ4n) is 3.00. The zero-order valence-electron chi connectivity index (χ0n) is 16.3. The van der Waals surface area contributed by atoms with Crippen LogP contribution in [-0.2, 0) is 16.1 Å². The summed E-state index contributed by atoms with van der Waals surface area (Å²) in [5.41, 5.74) is 5.20. The number of hydrogen-bond acceptors (Lipinski definition) is 4. The van der Waals surface area contributed by atoms with Gasteiger partial charge in [0.2, 0.25) is 6.41 Å². The van der Waals surface area contributed by atoms with Crippen molar-refractivity contribution < 1.29 is 22.7 Å². The summed E-state index contributed by atoms with van der Waals surface area (Å²) in [4.78, 5) is 11.1. The van der Waals surface area contributed by atoms with E-state index in [-0.39, 0.29) is 6.61 Å². The predicted molar refractivity (Wildman–Crippen MR) is 109 cm³/mol. The van der Waals surface area contributed by atoms with Crippen molar-refractivity contribution in [2.75, 3.05) is 5.01 Å². The molecular formula is C21H21ClF3N3O2. The summed E-state index contributed by atoms with van der Waals surface area (Å²) in [5, 5.41) is 5.08. The maximum Gasteiger partial charge on any atom is 0.414 e. The van der Waals surface area contributed by atoms with Crippen molar-refractivity contribution in [2.24, 2.45) is 0 Å². The van der Waals surface area contributed by atoms with Gasteiger partial charge in [0.15, 0.2) is 6.10 Å². The number of hydrazine groups is 1. The molecule has 2 N–H and O–H groups in total. The monoisotopic (exact) mass is 439 g/mol. The first kappa shape index (κ1) is 22.1. The zero-order chi connectivity index (χ0) is 21.9. The molecule has 30 heavy (non-hydrogen) atoms. The molecule has 1 aliphatic rings. The minimum atomic E-state index is -4.41. The Balaban J connectivity index is 1.90. The lowest BCUT2D eigenvalue weighted by molar-refractivity contribution is -0.217. The summed E-state index contributed by atoms with van der Waals surface area (Å²) in [7, 11) is 0. The van der Waals surface area contributed by atoms with Crippen LogP contribution in [-0.4, -0.2) is 24.4 Å². The summed E-state index contributed by atoms with van der Waals surface area (Å²) in [5.74, 6) is 0. The fourth-order valence-corrected chi connectivity index (χ4v) is 3.13. The van der Waals surface area contributed by atoms with Crippen LogP contribution in [0.1, 0.15) is 25.0 Å². The molecule has 0 bridgehead atoms. The number of ether oxygens (including phenoxy) is 1. The molecule has 0 aliphatic carbocycles. The van der Waals surface area contributed by atoms with Gasteiger partial charge in [-0.2, -0.15) is 13.2 Å². The lowest BCUT2D eigenvalue weighted by atomic mass is 10.1. The Kier molecular flexibility index (Phi) is 6.40. The van der Waals surface area contributed by atoms with Gasteiger partial charge in [-0.15, -0.1) is 0 Å². The predicted octanol–water partition coefficient (Wildman–Crippen LogP) is 4.64. The molecule has 0 spiro atoms. The highest BCUT2D eigenvalue weighted by Gasteiger charge is 2.37. The molecule has 0 saturated heterocycles. The number of carbonyl (C=O) groups excluding carboxylic acids is 1. The van der Waals surface area contributed by atoms with Gasteiger partial charge in [0.1, 0.15) is 5.66 Å². The number of nitrogens with one attached hydrogen (secondary N) is 2. The topological polar surface area (TPSA) is 53.6 Å². The van der Waals surface area contributed by atoms with Crippen LogP contribution in [0.5, 0.6) is 0 Å². The number of carbonyl (C=O) groups is 1. The van der Waals surface area contributed by atoms with Gasteiger partial charge in [-0.3, -0.25) is 9.80 Å². The first-order valence-electron chi connectivity index (χ1n) is 9.17. The second-order valence-corrected chi connectivity index (χ2v) is 7.55. The molecule has 1 aliphatic heterocycles. The smallest absolute Gasteiger partial charge is 0.364 e. The molecule has 1 unspecified atom stereocenters. The molecule has 0 fully saturated rings. The number of anilines is 1. The van der Waals surface area contributed by atoms with Crippen molar-refractivity contribution in [3.63, 3.8) is 0 Å². The number of rotatable bonds is 7. The van der Waals surface area contributed by atoms with Crippen LogP contribution in [0.2, 0.25) is 5.02 Å². The number of alkyl halides is 3. The fraction of sp³-hybridized carbons (Fsp3) is 0.286. The Morgan fingerprint density at radius 1 is 1.27 bits per heavy atom. The van der Waals surface area contributed by atoms with E-state index in [1.807, 2.05) is 24.3 Å². The number of nitrogens with zero attached hydrogens (tertiary/aromatic N) is 1. The average Bonchev–Trinajstić information content (AvgIpc) is 3.04. The molecule has 160 valence electrons. The number of hydrogen-bond donors (Lipinski definition) is 2. The summed E-state index contributed by atoms with van der Waals surface area (Å²) in [6, 6.07) is 14.1. The molecule has 1 amide bonds. The van der Waals surface area contributed by atoms with Crippen molar-refractivity contribution >= 4 is 29.4 Å². The van der Waals surface area contributed by atoms with Crippen molar-refractivity contribution in [3.05, 3.63) is 70.8 Å². The third kappa shape index (κ3) is 5.13. The molecule has 2 atom stereocenters. The maximum absolute atomic E-state index is 12.7. The minimum absolute atomic E-state index is 0.181. The summed E-state index contributed by atoms with van der Waals surface area (Å²) >= 11 is 5.98. The van der Waals surface area contributed by atoms with Gasteiger partial charge in [0.05, 0.1) is 18.0 Å². The van der Waals surface area contributed by atoms with Crippen molar-refractivity contribution in [3.8, 4) is 0 Å². The standard InChI is InChI=1S/C21H21ClF3N3O2/c1-14(21(23,24)25)30-12-15-4-3-5-16(10-15)19-11-20(2,26-13-29)27-28(19)18-8-6-17(22)7-9-18/h3-11,13-14,27H,12H2,1-2H3,(H,26,29)/t14-,20?/m1/s1. The number of benzene rings is 2. The minimum Gasteiger partial charge on any atom is -0.364 e. The Morgan fingerprint density at radius 3 is 2.60 bits per heavy atom. The first-order valence-corrected chi connectivity index (χ1v) is 9.54. The highest BCUT2D eigenvalue weighted by Crippen LogP contribution is 2.33. The Labute approximate surface area is 177 Å². The molecule has 2 aromatic carbocycles. The van der Waals surface area contributed by atoms with E-state index in [0.29, 0.717) is 17.0 Å². The molecule has 5 nitrogen and oxygen atoms in total. The maximum atomic E-state index is 12.7. The van der Waals surface area contributed by atoms with Crippen LogP contribution in [0, 0.1) is 0 Å². The SMILES string of the molecule is C[C@@H](OCc1cccc(C2=CC(C)(NC=O)NN2c2ccc(Cl)cc2)c1)C(F)(F)F. The first-order chi connectivity index (χ1) is 14.1. The van der Waals surface area contributed by atoms with E-state index < -0.39 is 17.9 Å². The van der Waals surface area contributed by atoms with Crippen LogP contribution in [0.15, 0.2) is 54.6 Å². The van der Waals surface area contributed by atoms with E-state index in [0.717, 1.165) is 23.9 Å². The van der Waals surface area contributed by atoms with Crippen LogP contribution in [0.25, 0.3) is 5.70 Å². The molecule has 1 heterocycles. The molecule has 0 radical (unpaired) electrons. The van der Waals surface area contributed by atoms with Crippen molar-refractivity contribution in [1.82, 2.24) is 10.7 Å². The lowest BCUT2D eigenvalue weighted by Crippen LogP contribution is -2.54. The van der Waals surface area contributed by atoms with E-state index >= 15 is 0 Å². The van der Waals surface area contributed by atoms with E-state index in [4.69, 9.17) is 16.3 Å². The third-order valence-corrected chi connectivity index (χ3v) is 4.89. The van der Waals surface area contributed by atoms with Gasteiger partial charge >= 0.3 is 6.18 Å². The van der Waals surface area contributed by atoms with Crippen LogP contribution < -0.4 is 15.8 Å². The number of amides is 1. The largest absolute Gasteiger partial charge is 0.414 e. The van der Waals surface area contributed by atoms with Crippen molar-refractivity contribution in [2.45, 2.75) is 38.4 Å². The third-order valence-electron chi connectivity index (χ3n) is 4.64. The molecule has 0 aromatic heterocycles. The van der Waals surface area contributed by atoms with E-state index in [2.05, 4.69) is 10.7 Å². The summed E-state index contributed by atoms with van der Waals surface area (Å²) in [6.07, 6.45) is -3.86. The van der Waals surface area contributed by atoms with Gasteiger partial charge in [0.25, 0.3) is 0 Å².